The Morgan fingerprint density at radius 2 is 1.52 bits per heavy atom. The monoisotopic (exact) mass is 345 g/mol. The van der Waals surface area contributed by atoms with Gasteiger partial charge in [0.1, 0.15) is 0 Å². The Labute approximate surface area is 136 Å². The van der Waals surface area contributed by atoms with Crippen molar-refractivity contribution in [2.45, 2.75) is 39.3 Å². The Morgan fingerprint density at radius 1 is 0.905 bits per heavy atom. The second-order valence-electron chi connectivity index (χ2n) is 6.03. The van der Waals surface area contributed by atoms with E-state index in [0.717, 1.165) is 10.9 Å². The summed E-state index contributed by atoms with van der Waals surface area (Å²) >= 11 is 3.49. The minimum absolute atomic E-state index is 0.400. The minimum Gasteiger partial charge on any atom is -0.307 e. The van der Waals surface area contributed by atoms with Crippen LogP contribution in [0.15, 0.2) is 59.1 Å². The number of nitrogens with one attached hydrogen (secondary N) is 1. The minimum atomic E-state index is 0.400. The van der Waals surface area contributed by atoms with E-state index in [9.17, 15) is 0 Å². The van der Waals surface area contributed by atoms with Gasteiger partial charge in [-0.25, -0.2) is 0 Å². The second kappa shape index (κ2) is 7.77. The molecule has 2 aromatic carbocycles. The molecule has 0 radical (unpaired) electrons. The first-order valence-electron chi connectivity index (χ1n) is 7.61. The SMILES string of the molecule is CC(Cc1ccc(Br)cc1)NC(c1ccccc1)C(C)C. The maximum atomic E-state index is 3.78. The first-order valence-corrected chi connectivity index (χ1v) is 8.41. The van der Waals surface area contributed by atoms with Crippen LogP contribution < -0.4 is 5.32 Å². The van der Waals surface area contributed by atoms with Crippen LogP contribution in [-0.2, 0) is 6.42 Å². The topological polar surface area (TPSA) is 12.0 Å². The molecule has 2 rings (SSSR count). The molecule has 0 fully saturated rings. The van der Waals surface area contributed by atoms with Crippen molar-refractivity contribution in [1.82, 2.24) is 5.32 Å². The molecule has 0 aliphatic rings. The average molecular weight is 346 g/mol. The average Bonchev–Trinajstić information content (AvgIpc) is 2.48. The third-order valence-electron chi connectivity index (χ3n) is 3.74. The first kappa shape index (κ1) is 16.3. The van der Waals surface area contributed by atoms with E-state index in [4.69, 9.17) is 0 Å². The van der Waals surface area contributed by atoms with Crippen molar-refractivity contribution in [2.24, 2.45) is 5.92 Å². The summed E-state index contributed by atoms with van der Waals surface area (Å²) in [5.74, 6) is 0.569. The van der Waals surface area contributed by atoms with Gasteiger partial charge in [0.2, 0.25) is 0 Å². The van der Waals surface area contributed by atoms with Crippen molar-refractivity contribution in [2.75, 3.05) is 0 Å². The van der Waals surface area contributed by atoms with E-state index in [-0.39, 0.29) is 0 Å². The third kappa shape index (κ3) is 4.98. The van der Waals surface area contributed by atoms with Crippen molar-refractivity contribution in [3.8, 4) is 0 Å². The highest BCUT2D eigenvalue weighted by Crippen LogP contribution is 2.22. The number of benzene rings is 2. The summed E-state index contributed by atoms with van der Waals surface area (Å²) in [6.45, 7) is 6.81. The fourth-order valence-electron chi connectivity index (χ4n) is 2.67. The van der Waals surface area contributed by atoms with Crippen molar-refractivity contribution in [3.05, 3.63) is 70.2 Å². The van der Waals surface area contributed by atoms with Gasteiger partial charge in [0.05, 0.1) is 0 Å². The highest BCUT2D eigenvalue weighted by molar-refractivity contribution is 9.10. The summed E-state index contributed by atoms with van der Waals surface area (Å²) in [7, 11) is 0. The lowest BCUT2D eigenvalue weighted by Crippen LogP contribution is -2.34. The molecule has 1 nitrogen and oxygen atoms in total. The Kier molecular flexibility index (Phi) is 6.01. The smallest absolute Gasteiger partial charge is 0.0345 e. The van der Waals surface area contributed by atoms with Gasteiger partial charge in [-0.15, -0.1) is 0 Å². The van der Waals surface area contributed by atoms with Crippen LogP contribution in [0.25, 0.3) is 0 Å². The molecule has 0 aromatic heterocycles. The van der Waals surface area contributed by atoms with E-state index in [1.165, 1.54) is 11.1 Å². The van der Waals surface area contributed by atoms with Gasteiger partial charge in [0.25, 0.3) is 0 Å². The predicted molar refractivity (Wildman–Crippen MR) is 94.5 cm³/mol. The molecule has 0 spiro atoms. The summed E-state index contributed by atoms with van der Waals surface area (Å²) in [6, 6.07) is 20.2. The number of rotatable bonds is 6. The molecule has 2 unspecified atom stereocenters. The van der Waals surface area contributed by atoms with E-state index >= 15 is 0 Å². The van der Waals surface area contributed by atoms with Crippen LogP contribution in [0.4, 0.5) is 0 Å². The maximum absolute atomic E-state index is 3.78. The van der Waals surface area contributed by atoms with Gasteiger partial charge in [-0.1, -0.05) is 72.2 Å². The molecule has 21 heavy (non-hydrogen) atoms. The van der Waals surface area contributed by atoms with E-state index in [1.54, 1.807) is 0 Å². The zero-order valence-corrected chi connectivity index (χ0v) is 14.6. The van der Waals surface area contributed by atoms with Crippen LogP contribution in [0.1, 0.15) is 37.9 Å². The summed E-state index contributed by atoms with van der Waals surface area (Å²) in [6.07, 6.45) is 1.04. The van der Waals surface area contributed by atoms with Gasteiger partial charge in [-0.2, -0.15) is 0 Å². The van der Waals surface area contributed by atoms with E-state index in [0.29, 0.717) is 18.0 Å². The van der Waals surface area contributed by atoms with Crippen LogP contribution in [0.3, 0.4) is 0 Å². The van der Waals surface area contributed by atoms with Crippen molar-refractivity contribution >= 4 is 15.9 Å². The zero-order chi connectivity index (χ0) is 15.2. The number of hydrogen-bond acceptors (Lipinski definition) is 1. The number of hydrogen-bond donors (Lipinski definition) is 1. The second-order valence-corrected chi connectivity index (χ2v) is 6.95. The molecule has 0 saturated carbocycles. The van der Waals surface area contributed by atoms with Gasteiger partial charge in [-0.05, 0) is 42.5 Å². The van der Waals surface area contributed by atoms with Gasteiger partial charge < -0.3 is 5.32 Å². The summed E-state index contributed by atoms with van der Waals surface area (Å²) in [4.78, 5) is 0. The lowest BCUT2D eigenvalue weighted by molar-refractivity contribution is 0.368. The van der Waals surface area contributed by atoms with E-state index < -0.39 is 0 Å². The molecule has 1 N–H and O–H groups in total. The van der Waals surface area contributed by atoms with Crippen LogP contribution in [0, 0.1) is 5.92 Å². The molecule has 0 bridgehead atoms. The third-order valence-corrected chi connectivity index (χ3v) is 4.27. The van der Waals surface area contributed by atoms with Crippen LogP contribution in [-0.4, -0.2) is 6.04 Å². The molecule has 0 saturated heterocycles. The molecule has 2 heteroatoms. The largest absolute Gasteiger partial charge is 0.307 e. The van der Waals surface area contributed by atoms with Gasteiger partial charge >= 0.3 is 0 Å². The highest BCUT2D eigenvalue weighted by atomic mass is 79.9. The van der Waals surface area contributed by atoms with Crippen LogP contribution in [0.2, 0.25) is 0 Å². The lowest BCUT2D eigenvalue weighted by atomic mass is 9.94. The van der Waals surface area contributed by atoms with Crippen LogP contribution >= 0.6 is 15.9 Å². The molecule has 0 amide bonds. The zero-order valence-electron chi connectivity index (χ0n) is 13.0. The molecule has 2 atom stereocenters. The Bertz CT molecular complexity index is 533. The lowest BCUT2D eigenvalue weighted by Gasteiger charge is -2.27. The molecule has 112 valence electrons. The first-order chi connectivity index (χ1) is 10.1. The number of halogens is 1. The quantitative estimate of drug-likeness (QED) is 0.742. The van der Waals surface area contributed by atoms with Crippen molar-refractivity contribution in [1.29, 1.82) is 0 Å². The molecule has 0 aliphatic carbocycles. The normalized spacial score (nSPS) is 14.1. The van der Waals surface area contributed by atoms with Gasteiger partial charge in [0, 0.05) is 16.6 Å². The van der Waals surface area contributed by atoms with E-state index in [2.05, 4.69) is 96.6 Å². The molecule has 0 heterocycles. The molecule has 2 aromatic rings. The summed E-state index contributed by atoms with van der Waals surface area (Å²) in [5.41, 5.74) is 2.74. The van der Waals surface area contributed by atoms with Gasteiger partial charge in [-0.3, -0.25) is 0 Å². The fourth-order valence-corrected chi connectivity index (χ4v) is 2.94. The van der Waals surface area contributed by atoms with E-state index in [1.807, 2.05) is 0 Å². The Morgan fingerprint density at radius 3 is 2.10 bits per heavy atom. The molecular formula is C19H24BrN. The van der Waals surface area contributed by atoms with Crippen molar-refractivity contribution < 1.29 is 0 Å². The van der Waals surface area contributed by atoms with Crippen LogP contribution in [0.5, 0.6) is 0 Å². The fraction of sp³-hybridized carbons (Fsp3) is 0.368. The van der Waals surface area contributed by atoms with Gasteiger partial charge in [0.15, 0.2) is 0 Å². The summed E-state index contributed by atoms with van der Waals surface area (Å²) in [5, 5.41) is 3.78. The Balaban J connectivity index is 2.02. The molecule has 0 aliphatic heterocycles. The summed E-state index contributed by atoms with van der Waals surface area (Å²) < 4.78 is 1.14. The Hall–Kier alpha value is -1.12. The standard InChI is InChI=1S/C19H24BrN/c1-14(2)19(17-7-5-4-6-8-17)21-15(3)13-16-9-11-18(20)12-10-16/h4-12,14-15,19,21H,13H2,1-3H3. The maximum Gasteiger partial charge on any atom is 0.0345 e. The highest BCUT2D eigenvalue weighted by Gasteiger charge is 2.17. The predicted octanol–water partition coefficient (Wildman–Crippen LogP) is 5.37. The molecular weight excluding hydrogens is 322 g/mol. The van der Waals surface area contributed by atoms with Crippen molar-refractivity contribution in [3.63, 3.8) is 0 Å².